The molecule has 5 heteroatoms. The molecule has 0 unspecified atom stereocenters. The third-order valence-corrected chi connectivity index (χ3v) is 4.27. The molecule has 2 aromatic carbocycles. The van der Waals surface area contributed by atoms with Crippen LogP contribution in [0.15, 0.2) is 45.3 Å². The standard InChI is InChI=1S/C15H13Br2NO2/c1-9-11(4-3-5-12(9)17)15(19)18-13-8-10(16)6-7-14(13)20-2/h3-8H,1-2H3,(H,18,19). The average Bonchev–Trinajstić information content (AvgIpc) is 2.42. The number of carbonyl (C=O) groups excluding carboxylic acids is 1. The van der Waals surface area contributed by atoms with E-state index in [0.29, 0.717) is 17.0 Å². The van der Waals surface area contributed by atoms with E-state index in [0.717, 1.165) is 14.5 Å². The van der Waals surface area contributed by atoms with Crippen molar-refractivity contribution < 1.29 is 9.53 Å². The molecule has 0 aliphatic heterocycles. The van der Waals surface area contributed by atoms with Crippen molar-refractivity contribution in [3.63, 3.8) is 0 Å². The maximum Gasteiger partial charge on any atom is 0.256 e. The summed E-state index contributed by atoms with van der Waals surface area (Å²) >= 11 is 6.81. The topological polar surface area (TPSA) is 38.3 Å². The van der Waals surface area contributed by atoms with Gasteiger partial charge in [-0.15, -0.1) is 0 Å². The van der Waals surface area contributed by atoms with Gasteiger partial charge in [0.05, 0.1) is 12.8 Å². The number of hydrogen-bond acceptors (Lipinski definition) is 2. The van der Waals surface area contributed by atoms with Crippen LogP contribution < -0.4 is 10.1 Å². The van der Waals surface area contributed by atoms with Crippen LogP contribution in [0.2, 0.25) is 0 Å². The summed E-state index contributed by atoms with van der Waals surface area (Å²) in [5.41, 5.74) is 2.16. The van der Waals surface area contributed by atoms with E-state index < -0.39 is 0 Å². The van der Waals surface area contributed by atoms with Crippen LogP contribution in [-0.4, -0.2) is 13.0 Å². The Kier molecular flexibility index (Phi) is 4.83. The number of hydrogen-bond donors (Lipinski definition) is 1. The van der Waals surface area contributed by atoms with Gasteiger partial charge in [0.2, 0.25) is 0 Å². The summed E-state index contributed by atoms with van der Waals surface area (Å²) in [5, 5.41) is 2.87. The van der Waals surface area contributed by atoms with Gasteiger partial charge in [-0.1, -0.05) is 37.9 Å². The molecule has 0 radical (unpaired) electrons. The Morgan fingerprint density at radius 1 is 1.20 bits per heavy atom. The number of benzene rings is 2. The summed E-state index contributed by atoms with van der Waals surface area (Å²) in [6.45, 7) is 1.90. The molecule has 104 valence electrons. The highest BCUT2D eigenvalue weighted by Gasteiger charge is 2.13. The van der Waals surface area contributed by atoms with E-state index in [-0.39, 0.29) is 5.91 Å². The molecule has 1 amide bonds. The van der Waals surface area contributed by atoms with Crippen LogP contribution in [0.3, 0.4) is 0 Å². The van der Waals surface area contributed by atoms with Gasteiger partial charge in [-0.05, 0) is 42.8 Å². The van der Waals surface area contributed by atoms with Crippen LogP contribution in [0.5, 0.6) is 5.75 Å². The van der Waals surface area contributed by atoms with Crippen LogP contribution >= 0.6 is 31.9 Å². The van der Waals surface area contributed by atoms with Crippen molar-refractivity contribution in [2.75, 3.05) is 12.4 Å². The molecule has 2 aromatic rings. The SMILES string of the molecule is COc1ccc(Br)cc1NC(=O)c1cccc(Br)c1C. The first-order valence-electron chi connectivity index (χ1n) is 5.93. The van der Waals surface area contributed by atoms with Gasteiger partial charge in [-0.25, -0.2) is 0 Å². The molecule has 0 aliphatic rings. The Labute approximate surface area is 134 Å². The van der Waals surface area contributed by atoms with Gasteiger partial charge in [0.25, 0.3) is 5.91 Å². The lowest BCUT2D eigenvalue weighted by atomic mass is 10.1. The first-order valence-corrected chi connectivity index (χ1v) is 7.51. The van der Waals surface area contributed by atoms with Crippen molar-refractivity contribution in [2.45, 2.75) is 6.92 Å². The fourth-order valence-corrected chi connectivity index (χ4v) is 2.55. The third-order valence-electron chi connectivity index (χ3n) is 2.92. The van der Waals surface area contributed by atoms with Crippen molar-refractivity contribution in [1.82, 2.24) is 0 Å². The second kappa shape index (κ2) is 6.41. The summed E-state index contributed by atoms with van der Waals surface area (Å²) in [6.07, 6.45) is 0. The van der Waals surface area contributed by atoms with Gasteiger partial charge in [0, 0.05) is 14.5 Å². The lowest BCUT2D eigenvalue weighted by Gasteiger charge is -2.12. The van der Waals surface area contributed by atoms with Crippen molar-refractivity contribution >= 4 is 43.5 Å². The lowest BCUT2D eigenvalue weighted by Crippen LogP contribution is -2.14. The Hall–Kier alpha value is -1.33. The average molecular weight is 399 g/mol. The molecule has 0 aliphatic carbocycles. The molecule has 1 N–H and O–H groups in total. The number of rotatable bonds is 3. The normalized spacial score (nSPS) is 10.2. The molecule has 0 fully saturated rings. The molecular formula is C15H13Br2NO2. The largest absolute Gasteiger partial charge is 0.495 e. The molecule has 3 nitrogen and oxygen atoms in total. The molecule has 0 saturated heterocycles. The smallest absolute Gasteiger partial charge is 0.256 e. The quantitative estimate of drug-likeness (QED) is 0.807. The predicted octanol–water partition coefficient (Wildman–Crippen LogP) is 4.78. The van der Waals surface area contributed by atoms with Crippen molar-refractivity contribution in [2.24, 2.45) is 0 Å². The minimum absolute atomic E-state index is 0.166. The molecule has 0 bridgehead atoms. The fourth-order valence-electron chi connectivity index (χ4n) is 1.82. The number of amides is 1. The minimum Gasteiger partial charge on any atom is -0.495 e. The van der Waals surface area contributed by atoms with E-state index in [1.807, 2.05) is 31.2 Å². The summed E-state index contributed by atoms with van der Waals surface area (Å²) in [7, 11) is 1.57. The number of methoxy groups -OCH3 is 1. The molecular weight excluding hydrogens is 386 g/mol. The fraction of sp³-hybridized carbons (Fsp3) is 0.133. The first-order chi connectivity index (χ1) is 9.52. The number of nitrogens with one attached hydrogen (secondary N) is 1. The van der Waals surface area contributed by atoms with Gasteiger partial charge < -0.3 is 10.1 Å². The Balaban J connectivity index is 2.32. The van der Waals surface area contributed by atoms with Crippen molar-refractivity contribution in [3.05, 3.63) is 56.5 Å². The van der Waals surface area contributed by atoms with Gasteiger partial charge in [0.1, 0.15) is 5.75 Å². The predicted molar refractivity (Wildman–Crippen MR) is 87.5 cm³/mol. The highest BCUT2D eigenvalue weighted by molar-refractivity contribution is 9.10. The Morgan fingerprint density at radius 2 is 1.95 bits per heavy atom. The van der Waals surface area contributed by atoms with Crippen LogP contribution in [0.25, 0.3) is 0 Å². The summed E-state index contributed by atoms with van der Waals surface area (Å²) in [4.78, 5) is 12.4. The zero-order chi connectivity index (χ0) is 14.7. The van der Waals surface area contributed by atoms with E-state index >= 15 is 0 Å². The molecule has 0 saturated carbocycles. The summed E-state index contributed by atoms with van der Waals surface area (Å²) < 4.78 is 7.03. The Morgan fingerprint density at radius 3 is 2.65 bits per heavy atom. The third kappa shape index (κ3) is 3.22. The molecule has 2 rings (SSSR count). The summed E-state index contributed by atoms with van der Waals surface area (Å²) in [5.74, 6) is 0.453. The van der Waals surface area contributed by atoms with Crippen molar-refractivity contribution in [1.29, 1.82) is 0 Å². The molecule has 0 aromatic heterocycles. The highest BCUT2D eigenvalue weighted by atomic mass is 79.9. The van der Waals surface area contributed by atoms with Gasteiger partial charge in [-0.2, -0.15) is 0 Å². The second-order valence-corrected chi connectivity index (χ2v) is 5.98. The molecule has 0 heterocycles. The van der Waals surface area contributed by atoms with E-state index in [4.69, 9.17) is 4.74 Å². The monoisotopic (exact) mass is 397 g/mol. The maximum atomic E-state index is 12.4. The molecule has 20 heavy (non-hydrogen) atoms. The van der Waals surface area contributed by atoms with Gasteiger partial charge in [-0.3, -0.25) is 4.79 Å². The van der Waals surface area contributed by atoms with Crippen LogP contribution in [0.1, 0.15) is 15.9 Å². The van der Waals surface area contributed by atoms with Gasteiger partial charge in [0.15, 0.2) is 0 Å². The van der Waals surface area contributed by atoms with E-state index in [1.54, 1.807) is 19.2 Å². The van der Waals surface area contributed by atoms with Crippen LogP contribution in [0, 0.1) is 6.92 Å². The number of anilines is 1. The van der Waals surface area contributed by atoms with Crippen LogP contribution in [-0.2, 0) is 0 Å². The van der Waals surface area contributed by atoms with Gasteiger partial charge >= 0.3 is 0 Å². The zero-order valence-electron chi connectivity index (χ0n) is 11.0. The van der Waals surface area contributed by atoms with E-state index in [2.05, 4.69) is 37.2 Å². The minimum atomic E-state index is -0.166. The van der Waals surface area contributed by atoms with E-state index in [1.165, 1.54) is 0 Å². The number of carbonyl (C=O) groups is 1. The first kappa shape index (κ1) is 15.1. The summed E-state index contributed by atoms with van der Waals surface area (Å²) in [6, 6.07) is 11.0. The molecule has 0 atom stereocenters. The second-order valence-electron chi connectivity index (χ2n) is 4.21. The molecule has 0 spiro atoms. The van der Waals surface area contributed by atoms with E-state index in [9.17, 15) is 4.79 Å². The lowest BCUT2D eigenvalue weighted by molar-refractivity contribution is 0.102. The zero-order valence-corrected chi connectivity index (χ0v) is 14.2. The maximum absolute atomic E-state index is 12.4. The highest BCUT2D eigenvalue weighted by Crippen LogP contribution is 2.29. The number of halogens is 2. The van der Waals surface area contributed by atoms with Crippen molar-refractivity contribution in [3.8, 4) is 5.75 Å². The number of ether oxygens (including phenoxy) is 1. The Bertz CT molecular complexity index is 656. The van der Waals surface area contributed by atoms with Crippen LogP contribution in [0.4, 0.5) is 5.69 Å².